The lowest BCUT2D eigenvalue weighted by Gasteiger charge is -1.97. The second-order valence-corrected chi connectivity index (χ2v) is 2.83. The van der Waals surface area contributed by atoms with Gasteiger partial charge in [-0.15, -0.1) is 5.10 Å². The molecule has 0 spiro atoms. The first-order valence-electron chi connectivity index (χ1n) is 3.88. The Balaban J connectivity index is 2.75. The number of nitrogens with zero attached hydrogens (tertiary/aromatic N) is 4. The van der Waals surface area contributed by atoms with Crippen LogP contribution in [0.1, 0.15) is 11.4 Å². The van der Waals surface area contributed by atoms with E-state index in [0.29, 0.717) is 11.7 Å². The van der Waals surface area contributed by atoms with Gasteiger partial charge in [-0.25, -0.2) is 10.8 Å². The van der Waals surface area contributed by atoms with Crippen molar-refractivity contribution in [1.82, 2.24) is 19.6 Å². The first kappa shape index (κ1) is 7.93. The van der Waals surface area contributed by atoms with Crippen LogP contribution in [0.15, 0.2) is 6.07 Å². The number of anilines is 1. The highest BCUT2D eigenvalue weighted by Gasteiger charge is 2.05. The third-order valence-electron chi connectivity index (χ3n) is 1.75. The first-order valence-corrected chi connectivity index (χ1v) is 3.88. The summed E-state index contributed by atoms with van der Waals surface area (Å²) in [6.07, 6.45) is 0. The Kier molecular flexibility index (Phi) is 1.63. The molecule has 0 atom stereocenters. The smallest absolute Gasteiger partial charge is 0.258 e. The summed E-state index contributed by atoms with van der Waals surface area (Å²) in [7, 11) is 0. The molecule has 3 N–H and O–H groups in total. The molecule has 2 rings (SSSR count). The average molecular weight is 178 g/mol. The number of aromatic nitrogens is 4. The van der Waals surface area contributed by atoms with E-state index in [1.165, 1.54) is 0 Å². The molecule has 68 valence electrons. The van der Waals surface area contributed by atoms with Crippen LogP contribution in [0.3, 0.4) is 0 Å². The standard InChI is InChI=1S/C7H10N6/c1-4-3-5(2)13-7(9-4)10-6(11-8)12-13/h3H,8H2,1-2H3,(H,11,12). The van der Waals surface area contributed by atoms with Gasteiger partial charge >= 0.3 is 0 Å². The van der Waals surface area contributed by atoms with Crippen molar-refractivity contribution in [2.75, 3.05) is 5.43 Å². The normalized spacial score (nSPS) is 10.7. The summed E-state index contributed by atoms with van der Waals surface area (Å²) in [6, 6.07) is 1.93. The molecular formula is C7H10N6. The molecule has 2 aromatic heterocycles. The quantitative estimate of drug-likeness (QED) is 0.475. The molecule has 13 heavy (non-hydrogen) atoms. The Hall–Kier alpha value is -1.69. The van der Waals surface area contributed by atoms with Gasteiger partial charge in [-0.2, -0.15) is 9.50 Å². The molecule has 0 aliphatic heterocycles. The number of hydrogen-bond acceptors (Lipinski definition) is 5. The van der Waals surface area contributed by atoms with Crippen molar-refractivity contribution in [3.05, 3.63) is 17.5 Å². The molecule has 0 saturated carbocycles. The van der Waals surface area contributed by atoms with E-state index in [2.05, 4.69) is 20.5 Å². The van der Waals surface area contributed by atoms with E-state index in [0.717, 1.165) is 11.4 Å². The van der Waals surface area contributed by atoms with Gasteiger partial charge < -0.3 is 0 Å². The van der Waals surface area contributed by atoms with E-state index >= 15 is 0 Å². The summed E-state index contributed by atoms with van der Waals surface area (Å²) in [5.41, 5.74) is 4.28. The molecule has 0 radical (unpaired) electrons. The van der Waals surface area contributed by atoms with Gasteiger partial charge in [0.25, 0.3) is 11.7 Å². The van der Waals surface area contributed by atoms with Crippen molar-refractivity contribution in [3.63, 3.8) is 0 Å². The minimum absolute atomic E-state index is 0.376. The first-order chi connectivity index (χ1) is 6.20. The van der Waals surface area contributed by atoms with Crippen molar-refractivity contribution in [1.29, 1.82) is 0 Å². The molecule has 0 aliphatic rings. The molecule has 2 heterocycles. The lowest BCUT2D eigenvalue weighted by Crippen LogP contribution is -2.08. The number of nitrogens with one attached hydrogen (secondary N) is 1. The van der Waals surface area contributed by atoms with E-state index < -0.39 is 0 Å². The Morgan fingerprint density at radius 1 is 1.38 bits per heavy atom. The second-order valence-electron chi connectivity index (χ2n) is 2.83. The minimum Gasteiger partial charge on any atom is -0.291 e. The fourth-order valence-electron chi connectivity index (χ4n) is 1.23. The Labute approximate surface area is 74.8 Å². The van der Waals surface area contributed by atoms with Gasteiger partial charge in [-0.05, 0) is 19.9 Å². The van der Waals surface area contributed by atoms with Crippen LogP contribution in [0, 0.1) is 13.8 Å². The van der Waals surface area contributed by atoms with Crippen LogP contribution in [0.2, 0.25) is 0 Å². The highest BCUT2D eigenvalue weighted by atomic mass is 15.4. The van der Waals surface area contributed by atoms with E-state index in [1.54, 1.807) is 4.52 Å². The predicted molar refractivity (Wildman–Crippen MR) is 48.1 cm³/mol. The SMILES string of the molecule is Cc1cc(C)n2nc(NN)nc2n1. The number of nitrogens with two attached hydrogens (primary N) is 1. The summed E-state index contributed by atoms with van der Waals surface area (Å²) in [5, 5.41) is 4.08. The van der Waals surface area contributed by atoms with E-state index in [1.807, 2.05) is 19.9 Å². The third-order valence-corrected chi connectivity index (χ3v) is 1.75. The van der Waals surface area contributed by atoms with Gasteiger partial charge in [0, 0.05) is 11.4 Å². The fraction of sp³-hybridized carbons (Fsp3) is 0.286. The van der Waals surface area contributed by atoms with Gasteiger partial charge in [0.1, 0.15) is 0 Å². The second kappa shape index (κ2) is 2.67. The maximum Gasteiger partial charge on any atom is 0.258 e. The molecule has 0 amide bonds. The molecule has 6 heteroatoms. The van der Waals surface area contributed by atoms with Crippen LogP contribution in [-0.2, 0) is 0 Å². The van der Waals surface area contributed by atoms with Crippen molar-refractivity contribution in [3.8, 4) is 0 Å². The van der Waals surface area contributed by atoms with Gasteiger partial charge in [-0.1, -0.05) is 0 Å². The van der Waals surface area contributed by atoms with E-state index in [4.69, 9.17) is 5.84 Å². The molecule has 0 bridgehead atoms. The summed E-state index contributed by atoms with van der Waals surface area (Å²) in [4.78, 5) is 8.26. The van der Waals surface area contributed by atoms with Crippen LogP contribution >= 0.6 is 0 Å². The summed E-state index contributed by atoms with van der Waals surface area (Å²) in [6.45, 7) is 3.86. The maximum absolute atomic E-state index is 5.19. The number of hydrogen-bond donors (Lipinski definition) is 2. The molecule has 2 aromatic rings. The minimum atomic E-state index is 0.376. The highest BCUT2D eigenvalue weighted by molar-refractivity contribution is 5.37. The number of hydrazine groups is 1. The number of rotatable bonds is 1. The van der Waals surface area contributed by atoms with Crippen LogP contribution in [-0.4, -0.2) is 19.6 Å². The summed E-state index contributed by atoms with van der Waals surface area (Å²) >= 11 is 0. The third kappa shape index (κ3) is 1.20. The molecule has 6 nitrogen and oxygen atoms in total. The molecule has 0 aromatic carbocycles. The van der Waals surface area contributed by atoms with Gasteiger partial charge in [0.15, 0.2) is 0 Å². The zero-order valence-electron chi connectivity index (χ0n) is 7.44. The van der Waals surface area contributed by atoms with Crippen LogP contribution in [0.25, 0.3) is 5.78 Å². The topological polar surface area (TPSA) is 81.1 Å². The van der Waals surface area contributed by atoms with Crippen molar-refractivity contribution >= 4 is 11.7 Å². The number of nitrogen functional groups attached to an aromatic ring is 1. The molecule has 0 fully saturated rings. The lowest BCUT2D eigenvalue weighted by molar-refractivity contribution is 0.885. The number of fused-ring (bicyclic) bond motifs is 1. The highest BCUT2D eigenvalue weighted by Crippen LogP contribution is 2.06. The van der Waals surface area contributed by atoms with Gasteiger partial charge in [0.2, 0.25) is 0 Å². The largest absolute Gasteiger partial charge is 0.291 e. The fourth-order valence-corrected chi connectivity index (χ4v) is 1.23. The molecule has 0 saturated heterocycles. The Morgan fingerprint density at radius 2 is 2.15 bits per heavy atom. The predicted octanol–water partition coefficient (Wildman–Crippen LogP) is 0.0267. The Morgan fingerprint density at radius 3 is 2.85 bits per heavy atom. The maximum atomic E-state index is 5.19. The lowest BCUT2D eigenvalue weighted by atomic mass is 10.4. The molecule has 0 aliphatic carbocycles. The number of aryl methyl sites for hydroxylation is 2. The van der Waals surface area contributed by atoms with Gasteiger partial charge in [-0.3, -0.25) is 5.43 Å². The van der Waals surface area contributed by atoms with E-state index in [-0.39, 0.29) is 0 Å². The van der Waals surface area contributed by atoms with Crippen molar-refractivity contribution in [2.45, 2.75) is 13.8 Å². The van der Waals surface area contributed by atoms with Crippen LogP contribution in [0.4, 0.5) is 5.95 Å². The van der Waals surface area contributed by atoms with Crippen LogP contribution in [0.5, 0.6) is 0 Å². The van der Waals surface area contributed by atoms with Crippen molar-refractivity contribution in [2.24, 2.45) is 5.84 Å². The summed E-state index contributed by atoms with van der Waals surface area (Å²) in [5.74, 6) is 6.12. The van der Waals surface area contributed by atoms with E-state index in [9.17, 15) is 0 Å². The Bertz CT molecular complexity index is 445. The zero-order chi connectivity index (χ0) is 9.42. The zero-order valence-corrected chi connectivity index (χ0v) is 7.44. The average Bonchev–Trinajstić information content (AvgIpc) is 2.47. The summed E-state index contributed by atoms with van der Waals surface area (Å²) < 4.78 is 1.64. The van der Waals surface area contributed by atoms with Gasteiger partial charge in [0.05, 0.1) is 0 Å². The van der Waals surface area contributed by atoms with Crippen molar-refractivity contribution < 1.29 is 0 Å². The monoisotopic (exact) mass is 178 g/mol. The van der Waals surface area contributed by atoms with Crippen LogP contribution < -0.4 is 11.3 Å². The molecule has 0 unspecified atom stereocenters. The molecular weight excluding hydrogens is 168 g/mol.